The van der Waals surface area contributed by atoms with Crippen molar-refractivity contribution in [3.05, 3.63) is 70.6 Å². The Hall–Kier alpha value is -3.38. The minimum absolute atomic E-state index is 0.0895. The van der Waals surface area contributed by atoms with Gasteiger partial charge < -0.3 is 14.8 Å². The molecule has 8 nitrogen and oxygen atoms in total. The number of cyclic esters (lactones) is 1. The van der Waals surface area contributed by atoms with Crippen LogP contribution in [-0.4, -0.2) is 61.5 Å². The van der Waals surface area contributed by atoms with Gasteiger partial charge in [-0.25, -0.2) is 4.79 Å². The first-order valence-corrected chi connectivity index (χ1v) is 11.4. The maximum absolute atomic E-state index is 11.9. The van der Waals surface area contributed by atoms with Gasteiger partial charge in [0.05, 0.1) is 23.0 Å². The van der Waals surface area contributed by atoms with Crippen LogP contribution in [0.5, 0.6) is 0 Å². The number of methoxy groups -OCH3 is 1. The van der Waals surface area contributed by atoms with E-state index >= 15 is 0 Å². The molecule has 1 fully saturated rings. The predicted octanol–water partition coefficient (Wildman–Crippen LogP) is 2.66. The highest BCUT2D eigenvalue weighted by atomic mass is 16.5. The fourth-order valence-electron chi connectivity index (χ4n) is 5.07. The molecule has 2 aromatic rings. The summed E-state index contributed by atoms with van der Waals surface area (Å²) in [5.74, 6) is -0.251. The summed E-state index contributed by atoms with van der Waals surface area (Å²) in [5, 5.41) is 13.8. The number of fused-ring (bicyclic) bond motifs is 1. The topological polar surface area (TPSA) is 99.8 Å². The smallest absolute Gasteiger partial charge is 0.338 e. The monoisotopic (exact) mass is 457 g/mol. The van der Waals surface area contributed by atoms with Crippen molar-refractivity contribution in [3.8, 4) is 6.07 Å². The molecule has 1 saturated heterocycles. The van der Waals surface area contributed by atoms with E-state index in [-0.39, 0.29) is 12.0 Å². The number of hydrogen-bond acceptors (Lipinski definition) is 8. The molecule has 3 aliphatic rings. The third-order valence-corrected chi connectivity index (χ3v) is 6.97. The number of nitrogens with zero attached hydrogens (tertiary/aromatic N) is 4. The molecule has 1 aromatic carbocycles. The van der Waals surface area contributed by atoms with Crippen LogP contribution < -0.4 is 5.32 Å². The van der Waals surface area contributed by atoms with Crippen LogP contribution in [0, 0.1) is 23.7 Å². The van der Waals surface area contributed by atoms with Gasteiger partial charge in [-0.2, -0.15) is 5.26 Å². The van der Waals surface area contributed by atoms with Crippen molar-refractivity contribution >= 4 is 17.9 Å². The molecule has 0 bridgehead atoms. The maximum Gasteiger partial charge on any atom is 0.338 e. The molecule has 0 aliphatic carbocycles. The molecule has 0 amide bonds. The van der Waals surface area contributed by atoms with Gasteiger partial charge in [-0.15, -0.1) is 0 Å². The zero-order valence-corrected chi connectivity index (χ0v) is 19.3. The van der Waals surface area contributed by atoms with Crippen molar-refractivity contribution in [2.75, 3.05) is 33.3 Å². The Bertz CT molecular complexity index is 1200. The van der Waals surface area contributed by atoms with E-state index in [1.807, 2.05) is 43.3 Å². The van der Waals surface area contributed by atoms with E-state index in [9.17, 15) is 10.1 Å². The molecule has 4 heterocycles. The first kappa shape index (κ1) is 22.4. The highest BCUT2D eigenvalue weighted by Crippen LogP contribution is 2.34. The summed E-state index contributed by atoms with van der Waals surface area (Å²) in [5.41, 5.74) is 4.45. The van der Waals surface area contributed by atoms with Gasteiger partial charge in [0.2, 0.25) is 0 Å². The molecule has 0 radical (unpaired) electrons. The molecule has 3 aliphatic heterocycles. The van der Waals surface area contributed by atoms with Crippen LogP contribution in [0.3, 0.4) is 0 Å². The number of pyridine rings is 1. The Balaban J connectivity index is 1.36. The number of piperazine rings is 1. The number of benzene rings is 1. The summed E-state index contributed by atoms with van der Waals surface area (Å²) in [7, 11) is 1.63. The number of nitrogens with one attached hydrogen (secondary N) is 1. The molecule has 0 saturated carbocycles. The fraction of sp³-hybridized carbons (Fsp3) is 0.385. The zero-order chi connectivity index (χ0) is 23.7. The lowest BCUT2D eigenvalue weighted by Crippen LogP contribution is -2.53. The lowest BCUT2D eigenvalue weighted by Gasteiger charge is -2.40. The van der Waals surface area contributed by atoms with Crippen molar-refractivity contribution < 1.29 is 14.3 Å². The first-order chi connectivity index (χ1) is 16.5. The molecular weight excluding hydrogens is 430 g/mol. The van der Waals surface area contributed by atoms with Crippen LogP contribution in [0.2, 0.25) is 0 Å². The summed E-state index contributed by atoms with van der Waals surface area (Å²) < 4.78 is 11.0. The van der Waals surface area contributed by atoms with E-state index in [1.165, 1.54) is 0 Å². The zero-order valence-electron chi connectivity index (χ0n) is 19.3. The molecule has 1 aromatic heterocycles. The van der Waals surface area contributed by atoms with Crippen molar-refractivity contribution in [3.63, 3.8) is 0 Å². The molecule has 8 heteroatoms. The van der Waals surface area contributed by atoms with Gasteiger partial charge in [0, 0.05) is 57.3 Å². The third-order valence-electron chi connectivity index (χ3n) is 6.97. The minimum Gasteiger partial charge on any atom is -0.457 e. The average Bonchev–Trinajstić information content (AvgIpc) is 3.26. The summed E-state index contributed by atoms with van der Waals surface area (Å²) in [6.07, 6.45) is 4.91. The van der Waals surface area contributed by atoms with Gasteiger partial charge in [-0.05, 0) is 42.3 Å². The number of esters is 1. The van der Waals surface area contributed by atoms with Crippen molar-refractivity contribution in [2.24, 2.45) is 10.4 Å². The van der Waals surface area contributed by atoms with Crippen LogP contribution in [0.4, 0.5) is 0 Å². The van der Waals surface area contributed by atoms with E-state index in [4.69, 9.17) is 9.47 Å². The fourth-order valence-corrected chi connectivity index (χ4v) is 5.07. The van der Waals surface area contributed by atoms with Gasteiger partial charge in [-0.3, -0.25) is 14.9 Å². The molecule has 3 atom stereocenters. The average molecular weight is 458 g/mol. The highest BCUT2D eigenvalue weighted by molar-refractivity contribution is 5.94. The molecule has 5 rings (SSSR count). The van der Waals surface area contributed by atoms with Gasteiger partial charge in [0.1, 0.15) is 18.1 Å². The Morgan fingerprint density at radius 3 is 3.00 bits per heavy atom. The Labute approximate surface area is 198 Å². The lowest BCUT2D eigenvalue weighted by molar-refractivity contribution is 0.0534. The van der Waals surface area contributed by atoms with Gasteiger partial charge in [0.15, 0.2) is 0 Å². The summed E-state index contributed by atoms with van der Waals surface area (Å²) in [4.78, 5) is 23.2. The number of aromatic nitrogens is 1. The number of aliphatic imine (C=N–C) groups is 1. The standard InChI is InChI=1S/C26H27N5O3/c1-17-18(6-7-19-20(17)13-34-25(19)32)23-12-31(10-9-29-23)16-26(14-27)15-30-22(11-24(26)33-2)21-5-3-4-8-28-21/h3-8,11,15,23-24,29H,9-10,12-13,16H2,1-2H3/t23?,24-,26?/m1/s1. The van der Waals surface area contributed by atoms with Crippen LogP contribution in [0.1, 0.15) is 38.8 Å². The Kier molecular flexibility index (Phi) is 6.00. The number of ether oxygens (including phenoxy) is 2. The largest absolute Gasteiger partial charge is 0.457 e. The number of nitriles is 1. The highest BCUT2D eigenvalue weighted by Gasteiger charge is 2.42. The molecule has 0 spiro atoms. The van der Waals surface area contributed by atoms with Gasteiger partial charge in [-0.1, -0.05) is 12.1 Å². The van der Waals surface area contributed by atoms with Crippen molar-refractivity contribution in [1.29, 1.82) is 5.26 Å². The summed E-state index contributed by atoms with van der Waals surface area (Å²) in [6, 6.07) is 12.1. The predicted molar refractivity (Wildman–Crippen MR) is 127 cm³/mol. The van der Waals surface area contributed by atoms with E-state index < -0.39 is 11.5 Å². The molecule has 2 unspecified atom stereocenters. The number of carbonyl (C=O) groups excluding carboxylic acids is 1. The van der Waals surface area contributed by atoms with E-state index in [2.05, 4.69) is 26.3 Å². The van der Waals surface area contributed by atoms with Crippen molar-refractivity contribution in [2.45, 2.75) is 25.7 Å². The molecule has 174 valence electrons. The van der Waals surface area contributed by atoms with Crippen LogP contribution >= 0.6 is 0 Å². The van der Waals surface area contributed by atoms with Gasteiger partial charge in [0.25, 0.3) is 0 Å². The number of hydrogen-bond donors (Lipinski definition) is 1. The maximum atomic E-state index is 11.9. The van der Waals surface area contributed by atoms with E-state index in [0.29, 0.717) is 24.4 Å². The summed E-state index contributed by atoms with van der Waals surface area (Å²) in [6.45, 7) is 5.22. The quantitative estimate of drug-likeness (QED) is 0.689. The second kappa shape index (κ2) is 9.11. The number of carbonyl (C=O) groups is 1. The van der Waals surface area contributed by atoms with E-state index in [1.54, 1.807) is 19.5 Å². The Morgan fingerprint density at radius 2 is 2.24 bits per heavy atom. The second-order valence-corrected chi connectivity index (χ2v) is 8.96. The van der Waals surface area contributed by atoms with Crippen LogP contribution in [0.15, 0.2) is 47.6 Å². The lowest BCUT2D eigenvalue weighted by atomic mass is 9.81. The van der Waals surface area contributed by atoms with Gasteiger partial charge >= 0.3 is 5.97 Å². The molecule has 34 heavy (non-hydrogen) atoms. The molecular formula is C26H27N5O3. The van der Waals surface area contributed by atoms with Crippen LogP contribution in [-0.2, 0) is 16.1 Å². The summed E-state index contributed by atoms with van der Waals surface area (Å²) >= 11 is 0. The van der Waals surface area contributed by atoms with Crippen molar-refractivity contribution in [1.82, 2.24) is 15.2 Å². The Morgan fingerprint density at radius 1 is 1.35 bits per heavy atom. The minimum atomic E-state index is -0.901. The van der Waals surface area contributed by atoms with E-state index in [0.717, 1.165) is 42.0 Å². The normalized spacial score (nSPS) is 26.5. The SMILES string of the molecule is CO[C@@H]1C=C(c2ccccn2)N=CC1(C#N)CN1CCNC(c2ccc3c(c2C)COC3=O)C1. The number of rotatable bonds is 5. The third kappa shape index (κ3) is 3.92. The molecule has 1 N–H and O–H groups in total. The first-order valence-electron chi connectivity index (χ1n) is 11.4. The second-order valence-electron chi connectivity index (χ2n) is 8.96. The van der Waals surface area contributed by atoms with Crippen LogP contribution in [0.25, 0.3) is 5.70 Å².